The second-order valence-corrected chi connectivity index (χ2v) is 11.2. The standard InChI is InChI=1S/C26H35N3O3S.2CH4/c30-26(28-24-11-7-2-1-3-8-12-24)27-19-21-17-18-29(20-21)33(31,32)25-15-13-23(14-16-25)22-9-5-4-6-10-22;;/h4-6,9-10,13-16,21,24H,1-3,7-8,11-12,17-20H2,(H2,27,28,30);2*1H4. The van der Waals surface area contributed by atoms with Gasteiger partial charge in [0.25, 0.3) is 0 Å². The fourth-order valence-corrected chi connectivity index (χ4v) is 6.39. The second-order valence-electron chi connectivity index (χ2n) is 9.30. The lowest BCUT2D eigenvalue weighted by molar-refractivity contribution is 0.232. The smallest absolute Gasteiger partial charge is 0.315 e. The summed E-state index contributed by atoms with van der Waals surface area (Å²) < 4.78 is 27.8. The first-order chi connectivity index (χ1) is 16.0. The molecular formula is C28H43N3O3S. The van der Waals surface area contributed by atoms with Gasteiger partial charge in [0.05, 0.1) is 4.90 Å². The number of sulfonamides is 1. The third-order valence-electron chi connectivity index (χ3n) is 6.84. The van der Waals surface area contributed by atoms with Crippen LogP contribution in [0.5, 0.6) is 0 Å². The molecule has 1 heterocycles. The molecule has 1 atom stereocenters. The van der Waals surface area contributed by atoms with Crippen molar-refractivity contribution in [1.29, 1.82) is 0 Å². The summed E-state index contributed by atoms with van der Waals surface area (Å²) in [5.41, 5.74) is 2.06. The van der Waals surface area contributed by atoms with Gasteiger partial charge in [0, 0.05) is 25.7 Å². The molecule has 0 aromatic heterocycles. The van der Waals surface area contributed by atoms with E-state index in [9.17, 15) is 13.2 Å². The summed E-state index contributed by atoms with van der Waals surface area (Å²) in [6.45, 7) is 1.42. The van der Waals surface area contributed by atoms with E-state index in [4.69, 9.17) is 0 Å². The van der Waals surface area contributed by atoms with Gasteiger partial charge in [-0.1, -0.05) is 89.4 Å². The Morgan fingerprint density at radius 3 is 2.09 bits per heavy atom. The highest BCUT2D eigenvalue weighted by atomic mass is 32.2. The van der Waals surface area contributed by atoms with Gasteiger partial charge in [-0.3, -0.25) is 0 Å². The van der Waals surface area contributed by atoms with Crippen LogP contribution in [-0.2, 0) is 10.0 Å². The van der Waals surface area contributed by atoms with Crippen molar-refractivity contribution in [2.24, 2.45) is 5.92 Å². The van der Waals surface area contributed by atoms with Crippen LogP contribution in [0.4, 0.5) is 4.79 Å². The summed E-state index contributed by atoms with van der Waals surface area (Å²) in [6.07, 6.45) is 9.00. The van der Waals surface area contributed by atoms with Crippen LogP contribution in [0.3, 0.4) is 0 Å². The van der Waals surface area contributed by atoms with Gasteiger partial charge in [-0.2, -0.15) is 4.31 Å². The summed E-state index contributed by atoms with van der Waals surface area (Å²) in [4.78, 5) is 12.7. The highest BCUT2D eigenvalue weighted by molar-refractivity contribution is 7.89. The van der Waals surface area contributed by atoms with Crippen LogP contribution in [0, 0.1) is 5.92 Å². The minimum absolute atomic E-state index is 0. The van der Waals surface area contributed by atoms with Crippen LogP contribution in [0.2, 0.25) is 0 Å². The molecule has 1 saturated carbocycles. The number of hydrogen-bond donors (Lipinski definition) is 2. The highest BCUT2D eigenvalue weighted by Gasteiger charge is 2.32. The van der Waals surface area contributed by atoms with Crippen molar-refractivity contribution < 1.29 is 13.2 Å². The van der Waals surface area contributed by atoms with Crippen LogP contribution in [0.25, 0.3) is 11.1 Å². The predicted molar refractivity (Wildman–Crippen MR) is 145 cm³/mol. The number of nitrogens with one attached hydrogen (secondary N) is 2. The van der Waals surface area contributed by atoms with E-state index in [2.05, 4.69) is 10.6 Å². The van der Waals surface area contributed by atoms with Gasteiger partial charge in [0.1, 0.15) is 0 Å². The molecule has 0 spiro atoms. The van der Waals surface area contributed by atoms with Gasteiger partial charge in [-0.25, -0.2) is 13.2 Å². The molecule has 194 valence electrons. The van der Waals surface area contributed by atoms with Crippen molar-refractivity contribution in [3.05, 3.63) is 54.6 Å². The van der Waals surface area contributed by atoms with E-state index in [1.807, 2.05) is 42.5 Å². The lowest BCUT2D eigenvalue weighted by Crippen LogP contribution is -2.44. The number of carbonyl (C=O) groups is 1. The number of carbonyl (C=O) groups excluding carboxylic acids is 1. The number of nitrogens with zero attached hydrogens (tertiary/aromatic N) is 1. The molecule has 1 saturated heterocycles. The average Bonchev–Trinajstić information content (AvgIpc) is 3.30. The van der Waals surface area contributed by atoms with Gasteiger partial charge in [0.2, 0.25) is 10.0 Å². The molecule has 0 radical (unpaired) electrons. The Kier molecular flexibility index (Phi) is 11.2. The molecule has 4 rings (SSSR count). The predicted octanol–water partition coefficient (Wildman–Crippen LogP) is 6.05. The van der Waals surface area contributed by atoms with E-state index < -0.39 is 10.0 Å². The number of benzene rings is 2. The molecule has 1 aliphatic carbocycles. The van der Waals surface area contributed by atoms with E-state index in [0.29, 0.717) is 24.5 Å². The van der Waals surface area contributed by atoms with Crippen molar-refractivity contribution in [3.63, 3.8) is 0 Å². The molecule has 2 fully saturated rings. The molecular weight excluding hydrogens is 458 g/mol. The zero-order valence-corrected chi connectivity index (χ0v) is 20.0. The maximum absolute atomic E-state index is 13.1. The molecule has 0 bridgehead atoms. The van der Waals surface area contributed by atoms with Crippen LogP contribution in [0.15, 0.2) is 59.5 Å². The molecule has 2 N–H and O–H groups in total. The first kappa shape index (κ1) is 28.9. The van der Waals surface area contributed by atoms with Crippen molar-refractivity contribution in [2.45, 2.75) is 77.2 Å². The first-order valence-corrected chi connectivity index (χ1v) is 13.7. The molecule has 7 heteroatoms. The molecule has 2 aliphatic rings. The maximum Gasteiger partial charge on any atom is 0.315 e. The number of urea groups is 1. The number of hydrogen-bond acceptors (Lipinski definition) is 3. The van der Waals surface area contributed by atoms with Gasteiger partial charge >= 0.3 is 6.03 Å². The topological polar surface area (TPSA) is 78.5 Å². The number of amides is 2. The highest BCUT2D eigenvalue weighted by Crippen LogP contribution is 2.26. The van der Waals surface area contributed by atoms with E-state index in [-0.39, 0.29) is 32.8 Å². The Bertz CT molecular complexity index is 1000. The summed E-state index contributed by atoms with van der Waals surface area (Å²) >= 11 is 0. The van der Waals surface area contributed by atoms with Gasteiger partial charge in [-0.15, -0.1) is 0 Å². The Morgan fingerprint density at radius 2 is 1.43 bits per heavy atom. The second kappa shape index (κ2) is 13.6. The normalized spacial score (nSPS) is 19.5. The van der Waals surface area contributed by atoms with Crippen molar-refractivity contribution in [1.82, 2.24) is 14.9 Å². The van der Waals surface area contributed by atoms with E-state index in [0.717, 1.165) is 30.4 Å². The lowest BCUT2D eigenvalue weighted by atomic mass is 9.97. The Balaban J connectivity index is 0.00000216. The zero-order chi connectivity index (χ0) is 23.1. The minimum Gasteiger partial charge on any atom is -0.338 e. The van der Waals surface area contributed by atoms with Crippen molar-refractivity contribution in [2.75, 3.05) is 19.6 Å². The molecule has 2 aromatic rings. The largest absolute Gasteiger partial charge is 0.338 e. The molecule has 1 aliphatic heterocycles. The third kappa shape index (κ3) is 7.80. The zero-order valence-electron chi connectivity index (χ0n) is 19.2. The van der Waals surface area contributed by atoms with E-state index in [1.165, 1.54) is 32.1 Å². The van der Waals surface area contributed by atoms with Crippen molar-refractivity contribution >= 4 is 16.1 Å². The fraction of sp³-hybridized carbons (Fsp3) is 0.536. The fourth-order valence-electron chi connectivity index (χ4n) is 4.86. The Labute approximate surface area is 212 Å². The van der Waals surface area contributed by atoms with Crippen molar-refractivity contribution in [3.8, 4) is 11.1 Å². The van der Waals surface area contributed by atoms with Crippen LogP contribution in [0.1, 0.15) is 66.2 Å². The molecule has 35 heavy (non-hydrogen) atoms. The maximum atomic E-state index is 13.1. The number of rotatable bonds is 6. The average molecular weight is 502 g/mol. The monoisotopic (exact) mass is 501 g/mol. The lowest BCUT2D eigenvalue weighted by Gasteiger charge is -2.22. The summed E-state index contributed by atoms with van der Waals surface area (Å²) in [5, 5.41) is 6.09. The Morgan fingerprint density at radius 1 is 0.829 bits per heavy atom. The van der Waals surface area contributed by atoms with E-state index in [1.54, 1.807) is 16.4 Å². The molecule has 2 amide bonds. The molecule has 6 nitrogen and oxygen atoms in total. The van der Waals surface area contributed by atoms with Crippen LogP contribution < -0.4 is 10.6 Å². The van der Waals surface area contributed by atoms with E-state index >= 15 is 0 Å². The van der Waals surface area contributed by atoms with Gasteiger partial charge < -0.3 is 10.6 Å². The van der Waals surface area contributed by atoms with Gasteiger partial charge in [0.15, 0.2) is 0 Å². The third-order valence-corrected chi connectivity index (χ3v) is 8.72. The first-order valence-electron chi connectivity index (χ1n) is 12.2. The van der Waals surface area contributed by atoms with Gasteiger partial charge in [-0.05, 0) is 48.4 Å². The SMILES string of the molecule is C.C.O=C(NCC1CCN(S(=O)(=O)c2ccc(-c3ccccc3)cc2)C1)NC1CCCCCCC1. The summed E-state index contributed by atoms with van der Waals surface area (Å²) in [7, 11) is -3.53. The van der Waals surface area contributed by atoms with Crippen LogP contribution >= 0.6 is 0 Å². The molecule has 1 unspecified atom stereocenters. The summed E-state index contributed by atoms with van der Waals surface area (Å²) in [5.74, 6) is 0.131. The van der Waals surface area contributed by atoms with Crippen LogP contribution in [-0.4, -0.2) is 44.4 Å². The molecule has 2 aromatic carbocycles. The quantitative estimate of drug-likeness (QED) is 0.506. The Hall–Kier alpha value is -2.38. The summed E-state index contributed by atoms with van der Waals surface area (Å²) in [6, 6.07) is 17.1. The minimum atomic E-state index is -3.53.